The molecule has 20 heavy (non-hydrogen) atoms. The van der Waals surface area contributed by atoms with E-state index in [1.165, 1.54) is 11.8 Å². The highest BCUT2D eigenvalue weighted by atomic mass is 32.2. The van der Waals surface area contributed by atoms with Gasteiger partial charge in [0, 0.05) is 13.1 Å². The highest BCUT2D eigenvalue weighted by Gasteiger charge is 2.13. The molecule has 0 radical (unpaired) electrons. The first-order valence-corrected chi connectivity index (χ1v) is 8.31. The number of aromatic nitrogens is 1. The van der Waals surface area contributed by atoms with Crippen molar-refractivity contribution in [3.05, 3.63) is 36.4 Å². The maximum Gasteiger partial charge on any atom is 0.233 e. The predicted octanol–water partition coefficient (Wildman–Crippen LogP) is 3.81. The molecule has 0 spiro atoms. The SMILES string of the molecule is C=C(C)CN(CC)C(=O)CSc1nc2ccccc2s1. The summed E-state index contributed by atoms with van der Waals surface area (Å²) in [6.07, 6.45) is 0. The molecule has 0 saturated heterocycles. The van der Waals surface area contributed by atoms with E-state index in [-0.39, 0.29) is 5.91 Å². The van der Waals surface area contributed by atoms with Crippen LogP contribution < -0.4 is 0 Å². The van der Waals surface area contributed by atoms with Gasteiger partial charge in [0.15, 0.2) is 4.34 Å². The molecule has 1 aromatic carbocycles. The van der Waals surface area contributed by atoms with Crippen LogP contribution in [0.2, 0.25) is 0 Å². The molecule has 0 atom stereocenters. The van der Waals surface area contributed by atoms with Crippen molar-refractivity contribution >= 4 is 39.2 Å². The molecule has 1 aromatic heterocycles. The number of para-hydroxylation sites is 1. The van der Waals surface area contributed by atoms with Gasteiger partial charge in [-0.25, -0.2) is 4.98 Å². The molecule has 0 unspecified atom stereocenters. The van der Waals surface area contributed by atoms with Crippen LogP contribution in [-0.4, -0.2) is 34.6 Å². The van der Waals surface area contributed by atoms with Crippen LogP contribution in [0.5, 0.6) is 0 Å². The maximum absolute atomic E-state index is 12.1. The first-order valence-electron chi connectivity index (χ1n) is 6.50. The molecule has 0 bridgehead atoms. The van der Waals surface area contributed by atoms with Crippen LogP contribution in [0.3, 0.4) is 0 Å². The summed E-state index contributed by atoms with van der Waals surface area (Å²) in [7, 11) is 0. The van der Waals surface area contributed by atoms with E-state index in [0.29, 0.717) is 18.8 Å². The number of amides is 1. The quantitative estimate of drug-likeness (QED) is 0.601. The van der Waals surface area contributed by atoms with Gasteiger partial charge in [0.05, 0.1) is 16.0 Å². The summed E-state index contributed by atoms with van der Waals surface area (Å²) < 4.78 is 2.11. The van der Waals surface area contributed by atoms with Crippen molar-refractivity contribution in [2.45, 2.75) is 18.2 Å². The van der Waals surface area contributed by atoms with Crippen LogP contribution >= 0.6 is 23.1 Å². The number of nitrogens with zero attached hydrogens (tertiary/aromatic N) is 2. The van der Waals surface area contributed by atoms with E-state index in [2.05, 4.69) is 17.6 Å². The Labute approximate surface area is 127 Å². The van der Waals surface area contributed by atoms with Crippen molar-refractivity contribution in [3.63, 3.8) is 0 Å². The van der Waals surface area contributed by atoms with Crippen molar-refractivity contribution in [2.75, 3.05) is 18.8 Å². The number of hydrogen-bond donors (Lipinski definition) is 0. The first-order chi connectivity index (χ1) is 9.60. The second-order valence-electron chi connectivity index (χ2n) is 4.60. The molecule has 2 aromatic rings. The molecular weight excluding hydrogens is 288 g/mol. The molecule has 2 rings (SSSR count). The topological polar surface area (TPSA) is 33.2 Å². The minimum Gasteiger partial charge on any atom is -0.338 e. The van der Waals surface area contributed by atoms with Gasteiger partial charge in [-0.05, 0) is 26.0 Å². The number of likely N-dealkylation sites (N-methyl/N-ethyl adjacent to an activating group) is 1. The van der Waals surface area contributed by atoms with Crippen molar-refractivity contribution in [1.29, 1.82) is 0 Å². The molecule has 106 valence electrons. The highest BCUT2D eigenvalue weighted by Crippen LogP contribution is 2.29. The molecule has 0 aliphatic heterocycles. The van der Waals surface area contributed by atoms with Crippen molar-refractivity contribution in [2.24, 2.45) is 0 Å². The molecule has 0 saturated carbocycles. The van der Waals surface area contributed by atoms with Gasteiger partial charge in [0.1, 0.15) is 0 Å². The van der Waals surface area contributed by atoms with Crippen LogP contribution in [0, 0.1) is 0 Å². The zero-order valence-electron chi connectivity index (χ0n) is 11.8. The fourth-order valence-electron chi connectivity index (χ4n) is 1.83. The number of thiazole rings is 1. The van der Waals surface area contributed by atoms with Gasteiger partial charge in [-0.1, -0.05) is 36.0 Å². The molecule has 1 amide bonds. The monoisotopic (exact) mass is 306 g/mol. The highest BCUT2D eigenvalue weighted by molar-refractivity contribution is 8.01. The van der Waals surface area contributed by atoms with Gasteiger partial charge in [-0.2, -0.15) is 0 Å². The van der Waals surface area contributed by atoms with Gasteiger partial charge in [0.25, 0.3) is 0 Å². The average Bonchev–Trinajstić information content (AvgIpc) is 2.84. The van der Waals surface area contributed by atoms with Crippen LogP contribution in [-0.2, 0) is 4.79 Å². The molecule has 3 nitrogen and oxygen atoms in total. The summed E-state index contributed by atoms with van der Waals surface area (Å²) in [5.41, 5.74) is 2.01. The standard InChI is InChI=1S/C15H18N2OS2/c1-4-17(9-11(2)3)14(18)10-19-15-16-12-7-5-6-8-13(12)20-15/h5-8H,2,4,9-10H2,1,3H3. The zero-order chi connectivity index (χ0) is 14.5. The molecule has 1 heterocycles. The molecule has 0 aliphatic rings. The minimum atomic E-state index is 0.139. The maximum atomic E-state index is 12.1. The Morgan fingerprint density at radius 2 is 2.20 bits per heavy atom. The predicted molar refractivity (Wildman–Crippen MR) is 87.4 cm³/mol. The molecule has 0 fully saturated rings. The van der Waals surface area contributed by atoms with E-state index < -0.39 is 0 Å². The van der Waals surface area contributed by atoms with Gasteiger partial charge < -0.3 is 4.90 Å². The number of rotatable bonds is 6. The van der Waals surface area contributed by atoms with Gasteiger partial charge in [-0.3, -0.25) is 4.79 Å². The summed E-state index contributed by atoms with van der Waals surface area (Å²) in [4.78, 5) is 18.5. The lowest BCUT2D eigenvalue weighted by Gasteiger charge is -2.20. The van der Waals surface area contributed by atoms with Crippen LogP contribution in [0.1, 0.15) is 13.8 Å². The van der Waals surface area contributed by atoms with Crippen molar-refractivity contribution < 1.29 is 4.79 Å². The van der Waals surface area contributed by atoms with Crippen LogP contribution in [0.4, 0.5) is 0 Å². The number of fused-ring (bicyclic) bond motifs is 1. The normalized spacial score (nSPS) is 10.7. The number of thioether (sulfide) groups is 1. The first kappa shape index (κ1) is 15.1. The smallest absolute Gasteiger partial charge is 0.233 e. The van der Waals surface area contributed by atoms with Crippen molar-refractivity contribution in [3.8, 4) is 0 Å². The fourth-order valence-corrected chi connectivity index (χ4v) is 3.80. The second-order valence-corrected chi connectivity index (χ2v) is 6.85. The second kappa shape index (κ2) is 6.90. The van der Waals surface area contributed by atoms with E-state index in [9.17, 15) is 4.79 Å². The molecule has 5 heteroatoms. The number of benzene rings is 1. The molecule has 0 aliphatic carbocycles. The Hall–Kier alpha value is -1.33. The summed E-state index contributed by atoms with van der Waals surface area (Å²) in [5, 5.41) is 0. The lowest BCUT2D eigenvalue weighted by atomic mass is 10.3. The van der Waals surface area contributed by atoms with Gasteiger partial charge in [-0.15, -0.1) is 11.3 Å². The lowest BCUT2D eigenvalue weighted by Crippen LogP contribution is -2.33. The Bertz CT molecular complexity index is 588. The lowest BCUT2D eigenvalue weighted by molar-refractivity contribution is -0.127. The summed E-state index contributed by atoms with van der Waals surface area (Å²) >= 11 is 3.15. The zero-order valence-corrected chi connectivity index (χ0v) is 13.4. The summed E-state index contributed by atoms with van der Waals surface area (Å²) in [6, 6.07) is 8.04. The van der Waals surface area contributed by atoms with Crippen LogP contribution in [0.25, 0.3) is 10.2 Å². The van der Waals surface area contributed by atoms with Crippen LogP contribution in [0.15, 0.2) is 40.8 Å². The molecular formula is C15H18N2OS2. The van der Waals surface area contributed by atoms with E-state index in [1.54, 1.807) is 11.3 Å². The van der Waals surface area contributed by atoms with E-state index in [0.717, 1.165) is 20.1 Å². The number of hydrogen-bond acceptors (Lipinski definition) is 4. The largest absolute Gasteiger partial charge is 0.338 e. The Morgan fingerprint density at radius 3 is 2.85 bits per heavy atom. The molecule has 0 N–H and O–H groups in total. The number of carbonyl (C=O) groups excluding carboxylic acids is 1. The minimum absolute atomic E-state index is 0.139. The van der Waals surface area contributed by atoms with Gasteiger partial charge >= 0.3 is 0 Å². The van der Waals surface area contributed by atoms with E-state index in [1.807, 2.05) is 36.9 Å². The van der Waals surface area contributed by atoms with E-state index >= 15 is 0 Å². The Balaban J connectivity index is 1.96. The summed E-state index contributed by atoms with van der Waals surface area (Å²) in [5.74, 6) is 0.570. The third-order valence-corrected chi connectivity index (χ3v) is 4.95. The Morgan fingerprint density at radius 1 is 1.45 bits per heavy atom. The Kier molecular flexibility index (Phi) is 5.20. The van der Waals surface area contributed by atoms with E-state index in [4.69, 9.17) is 0 Å². The fraction of sp³-hybridized carbons (Fsp3) is 0.333. The van der Waals surface area contributed by atoms with Gasteiger partial charge in [0.2, 0.25) is 5.91 Å². The average molecular weight is 306 g/mol. The third-order valence-electron chi connectivity index (χ3n) is 2.79. The van der Waals surface area contributed by atoms with Crippen molar-refractivity contribution in [1.82, 2.24) is 9.88 Å². The third kappa shape index (κ3) is 3.84. The summed E-state index contributed by atoms with van der Waals surface area (Å²) in [6.45, 7) is 9.14. The number of carbonyl (C=O) groups is 1.